The zero-order valence-electron chi connectivity index (χ0n) is 17.4. The van der Waals surface area contributed by atoms with Crippen LogP contribution in [0, 0.1) is 0 Å². The van der Waals surface area contributed by atoms with Crippen molar-refractivity contribution >= 4 is 45.5 Å². The highest BCUT2D eigenvalue weighted by molar-refractivity contribution is 7.85. The molecule has 174 valence electrons. The monoisotopic (exact) mass is 496 g/mol. The molecule has 0 N–H and O–H groups in total. The van der Waals surface area contributed by atoms with Crippen molar-refractivity contribution in [2.75, 3.05) is 29.5 Å². The highest BCUT2D eigenvalue weighted by atomic mass is 35.5. The molecule has 6 nitrogen and oxygen atoms in total. The second-order valence-corrected chi connectivity index (χ2v) is 9.78. The van der Waals surface area contributed by atoms with Gasteiger partial charge in [0.25, 0.3) is 0 Å². The van der Waals surface area contributed by atoms with Crippen LogP contribution in [-0.4, -0.2) is 57.3 Å². The number of alkyl halides is 3. The fraction of sp³-hybridized carbons (Fsp3) is 0.318. The molecule has 0 radical (unpaired) electrons. The van der Waals surface area contributed by atoms with Gasteiger partial charge < -0.3 is 4.90 Å². The maximum absolute atomic E-state index is 13.3. The molecule has 33 heavy (non-hydrogen) atoms. The first-order chi connectivity index (χ1) is 15.7. The average molecular weight is 497 g/mol. The van der Waals surface area contributed by atoms with Crippen molar-refractivity contribution < 1.29 is 22.2 Å². The molecule has 0 spiro atoms. The molecular weight excluding hydrogens is 477 g/mol. The van der Waals surface area contributed by atoms with E-state index in [2.05, 4.69) is 10.2 Å². The van der Waals surface area contributed by atoms with Crippen LogP contribution in [0.3, 0.4) is 0 Å². The zero-order valence-corrected chi connectivity index (χ0v) is 19.0. The van der Waals surface area contributed by atoms with E-state index in [4.69, 9.17) is 11.6 Å². The van der Waals surface area contributed by atoms with Crippen LogP contribution in [-0.2, 0) is 17.3 Å². The van der Waals surface area contributed by atoms with Crippen molar-refractivity contribution in [2.24, 2.45) is 10.2 Å². The number of anilines is 1. The number of urea groups is 1. The van der Waals surface area contributed by atoms with Gasteiger partial charge in [-0.25, -0.2) is 4.79 Å². The lowest BCUT2D eigenvalue weighted by Gasteiger charge is -2.33. The van der Waals surface area contributed by atoms with Gasteiger partial charge in [0, 0.05) is 52.5 Å². The van der Waals surface area contributed by atoms with Crippen LogP contribution in [0.15, 0.2) is 58.7 Å². The molecule has 0 saturated carbocycles. The number of nitrogens with zero attached hydrogens (tertiary/aromatic N) is 4. The summed E-state index contributed by atoms with van der Waals surface area (Å²) in [7, 11) is -0.909. The summed E-state index contributed by atoms with van der Waals surface area (Å²) in [6.45, 7) is 1.07. The van der Waals surface area contributed by atoms with Crippen molar-refractivity contribution in [3.05, 3.63) is 64.7 Å². The third-order valence-electron chi connectivity index (χ3n) is 5.40. The molecular formula is C22H20ClF3N4O2S. The first kappa shape index (κ1) is 23.4. The highest BCUT2D eigenvalue weighted by Gasteiger charge is 2.38. The Morgan fingerprint density at radius 2 is 1.67 bits per heavy atom. The zero-order chi connectivity index (χ0) is 23.6. The predicted octanol–water partition coefficient (Wildman–Crippen LogP) is 4.64. The van der Waals surface area contributed by atoms with Gasteiger partial charge in [-0.2, -0.15) is 18.3 Å². The molecule has 0 bridgehead atoms. The average Bonchev–Trinajstić information content (AvgIpc) is 3.30. The Kier molecular flexibility index (Phi) is 6.85. The molecule has 2 aromatic rings. The highest BCUT2D eigenvalue weighted by Crippen LogP contribution is 2.26. The molecule has 4 rings (SSSR count). The van der Waals surface area contributed by atoms with Crippen LogP contribution in [0.5, 0.6) is 0 Å². The summed E-state index contributed by atoms with van der Waals surface area (Å²) in [6.07, 6.45) is -4.86. The molecule has 2 heterocycles. The summed E-state index contributed by atoms with van der Waals surface area (Å²) >= 11 is 6.00. The fourth-order valence-electron chi connectivity index (χ4n) is 3.54. The molecule has 1 fully saturated rings. The fourth-order valence-corrected chi connectivity index (χ4v) is 4.72. The van der Waals surface area contributed by atoms with Crippen molar-refractivity contribution in [1.29, 1.82) is 0 Å². The molecule has 2 aromatic carbocycles. The molecule has 1 saturated heterocycles. The Hall–Kier alpha value is -2.72. The molecule has 0 atom stereocenters. The Morgan fingerprint density at radius 1 is 1.03 bits per heavy atom. The van der Waals surface area contributed by atoms with Crippen LogP contribution in [0.25, 0.3) is 0 Å². The van der Waals surface area contributed by atoms with Gasteiger partial charge in [0.1, 0.15) is 5.71 Å². The van der Waals surface area contributed by atoms with Gasteiger partial charge in [-0.05, 0) is 35.4 Å². The van der Waals surface area contributed by atoms with Gasteiger partial charge in [0.15, 0.2) is 0 Å². The van der Waals surface area contributed by atoms with Crippen LogP contribution < -0.4 is 4.90 Å². The van der Waals surface area contributed by atoms with Crippen LogP contribution in [0.4, 0.5) is 23.7 Å². The van der Waals surface area contributed by atoms with E-state index in [1.807, 2.05) is 0 Å². The van der Waals surface area contributed by atoms with E-state index in [9.17, 15) is 22.2 Å². The second kappa shape index (κ2) is 9.64. The maximum atomic E-state index is 13.3. The standard InChI is InChI=1S/C22H20ClF3N4O2S/c23-17-5-7-18(8-6-17)30(21(31)29-9-11-33(32)12-10-29)14-15-1-3-16(4-2-15)19-13-20(28-27-19)22(24,25)26/h1-8H,9-14H2. The van der Waals surface area contributed by atoms with Crippen LogP contribution in [0.2, 0.25) is 5.02 Å². The molecule has 0 unspecified atom stereocenters. The number of carbonyl (C=O) groups is 1. The molecule has 2 aliphatic heterocycles. The van der Waals surface area contributed by atoms with E-state index in [0.717, 1.165) is 5.56 Å². The molecule has 11 heteroatoms. The van der Waals surface area contributed by atoms with Gasteiger partial charge in [-0.1, -0.05) is 35.9 Å². The van der Waals surface area contributed by atoms with E-state index < -0.39 is 22.7 Å². The Morgan fingerprint density at radius 3 is 2.24 bits per heavy atom. The molecule has 0 aromatic heterocycles. The summed E-state index contributed by atoms with van der Waals surface area (Å²) in [5, 5.41) is 7.47. The van der Waals surface area contributed by atoms with Gasteiger partial charge in [0.05, 0.1) is 12.3 Å². The summed E-state index contributed by atoms with van der Waals surface area (Å²) < 4.78 is 50.2. The Labute approximate surface area is 196 Å². The number of rotatable bonds is 4. The summed E-state index contributed by atoms with van der Waals surface area (Å²) in [5.41, 5.74) is 1.33. The van der Waals surface area contributed by atoms with Crippen LogP contribution in [0.1, 0.15) is 17.5 Å². The lowest BCUT2D eigenvalue weighted by Crippen LogP contribution is -2.48. The van der Waals surface area contributed by atoms with Gasteiger partial charge in [-0.15, -0.1) is 5.10 Å². The van der Waals surface area contributed by atoms with E-state index in [1.54, 1.807) is 58.3 Å². The van der Waals surface area contributed by atoms with E-state index in [1.165, 1.54) is 0 Å². The summed E-state index contributed by atoms with van der Waals surface area (Å²) in [5.74, 6) is 0.887. The van der Waals surface area contributed by atoms with E-state index >= 15 is 0 Å². The lowest BCUT2D eigenvalue weighted by molar-refractivity contribution is -0.0596. The van der Waals surface area contributed by atoms with E-state index in [-0.39, 0.29) is 24.7 Å². The van der Waals surface area contributed by atoms with Crippen molar-refractivity contribution in [1.82, 2.24) is 4.90 Å². The quantitative estimate of drug-likeness (QED) is 0.619. The number of amides is 2. The maximum Gasteiger partial charge on any atom is 0.431 e. The van der Waals surface area contributed by atoms with E-state index in [0.29, 0.717) is 40.9 Å². The minimum Gasteiger partial charge on any atom is -0.323 e. The lowest BCUT2D eigenvalue weighted by atomic mass is 10.0. The van der Waals surface area contributed by atoms with Crippen molar-refractivity contribution in [3.63, 3.8) is 0 Å². The number of hydrogen-bond donors (Lipinski definition) is 0. The van der Waals surface area contributed by atoms with Gasteiger partial charge in [0.2, 0.25) is 0 Å². The molecule has 0 aliphatic carbocycles. The second-order valence-electron chi connectivity index (χ2n) is 7.65. The van der Waals surface area contributed by atoms with Crippen molar-refractivity contribution in [2.45, 2.75) is 19.1 Å². The summed E-state index contributed by atoms with van der Waals surface area (Å²) in [6, 6.07) is 13.6. The smallest absolute Gasteiger partial charge is 0.323 e. The Bertz CT molecular complexity index is 1110. The SMILES string of the molecule is O=C(N1CCS(=O)CC1)N(Cc1ccc(C2=NN=C(C(F)(F)F)C2)cc1)c1ccc(Cl)cc1. The first-order valence-electron chi connectivity index (χ1n) is 10.2. The van der Waals surface area contributed by atoms with Crippen molar-refractivity contribution in [3.8, 4) is 0 Å². The third kappa shape index (κ3) is 5.62. The van der Waals surface area contributed by atoms with Crippen LogP contribution >= 0.6 is 11.6 Å². The number of benzene rings is 2. The minimum absolute atomic E-state index is 0.207. The topological polar surface area (TPSA) is 65.3 Å². The number of carbonyl (C=O) groups excluding carboxylic acids is 1. The van der Waals surface area contributed by atoms with Gasteiger partial charge >= 0.3 is 12.2 Å². The molecule has 2 aliphatic rings. The third-order valence-corrected chi connectivity index (χ3v) is 6.93. The largest absolute Gasteiger partial charge is 0.431 e. The van der Waals surface area contributed by atoms with Gasteiger partial charge in [-0.3, -0.25) is 9.11 Å². The summed E-state index contributed by atoms with van der Waals surface area (Å²) in [4.78, 5) is 16.6. The predicted molar refractivity (Wildman–Crippen MR) is 124 cm³/mol. The normalized spacial score (nSPS) is 17.0. The molecule has 2 amide bonds. The number of halogens is 4. The number of hydrogen-bond acceptors (Lipinski definition) is 4. The first-order valence-corrected chi connectivity index (χ1v) is 12.0. The minimum atomic E-state index is -4.49. The Balaban J connectivity index is 1.51.